The maximum atomic E-state index is 10.6. The molecule has 0 bridgehead atoms. The molecule has 4 rings (SSSR count). The van der Waals surface area contributed by atoms with Crippen molar-refractivity contribution in [1.82, 2.24) is 19.7 Å². The quantitative estimate of drug-likeness (QED) is 0.470. The summed E-state index contributed by atoms with van der Waals surface area (Å²) in [5, 5.41) is 18.7. The number of piperidine rings is 1. The number of carboxylic acids is 2. The van der Waals surface area contributed by atoms with Gasteiger partial charge in [-0.2, -0.15) is 31.4 Å². The fourth-order valence-corrected chi connectivity index (χ4v) is 4.61. The van der Waals surface area contributed by atoms with Crippen LogP contribution in [0.15, 0.2) is 30.5 Å². The van der Waals surface area contributed by atoms with Crippen LogP contribution in [0.2, 0.25) is 0 Å². The molecule has 0 radical (unpaired) electrons. The number of carboxylic acid groups (broad SMARTS) is 2. The molecule has 0 saturated carbocycles. The summed E-state index contributed by atoms with van der Waals surface area (Å²) in [6, 6.07) is 7.98. The summed E-state index contributed by atoms with van der Waals surface area (Å²) in [4.78, 5) is 24.6. The van der Waals surface area contributed by atoms with Crippen LogP contribution >= 0.6 is 0 Å². The first-order chi connectivity index (χ1) is 19.0. The van der Waals surface area contributed by atoms with Crippen LogP contribution in [-0.4, -0.2) is 86.1 Å². The fraction of sp³-hybridized carbons (Fsp3) is 0.600. The van der Waals surface area contributed by atoms with Crippen molar-refractivity contribution in [2.75, 3.05) is 26.3 Å². The highest BCUT2D eigenvalue weighted by atomic mass is 19.4. The van der Waals surface area contributed by atoms with Crippen molar-refractivity contribution in [3.8, 4) is 5.88 Å². The molecule has 1 spiro atoms. The second-order valence-corrected chi connectivity index (χ2v) is 9.49. The fourth-order valence-electron chi connectivity index (χ4n) is 4.61. The lowest BCUT2D eigenvalue weighted by Gasteiger charge is -2.42. The lowest BCUT2D eigenvalue weighted by molar-refractivity contribution is -0.193. The molecule has 230 valence electrons. The van der Waals surface area contributed by atoms with E-state index in [2.05, 4.69) is 28.0 Å². The highest BCUT2D eigenvalue weighted by molar-refractivity contribution is 5.73. The number of pyridine rings is 1. The standard InChI is InChI=1S/C21H30N4O2.2C2HF3O2/c1-17-15-19(24(2)23-17)16-25-11-8-21(9-12-25)18(7-14-27-21)6-13-26-20-5-3-4-10-22-20;2*3-2(4,5)1(6)7/h3-5,10,15,18H,6-9,11-14,16H2,1-2H3;2*(H,6,7). The van der Waals surface area contributed by atoms with Crippen molar-refractivity contribution in [2.24, 2.45) is 13.0 Å². The van der Waals surface area contributed by atoms with Gasteiger partial charge in [-0.15, -0.1) is 0 Å². The number of halogens is 6. The Hall–Kier alpha value is -3.40. The first kappa shape index (κ1) is 33.8. The third-order valence-electron chi connectivity index (χ3n) is 6.63. The number of ether oxygens (including phenoxy) is 2. The molecule has 0 aromatic carbocycles. The maximum absolute atomic E-state index is 10.6. The van der Waals surface area contributed by atoms with E-state index < -0.39 is 24.3 Å². The lowest BCUT2D eigenvalue weighted by Crippen LogP contribution is -2.47. The minimum atomic E-state index is -5.08. The van der Waals surface area contributed by atoms with Gasteiger partial charge in [0.15, 0.2) is 0 Å². The summed E-state index contributed by atoms with van der Waals surface area (Å²) in [6.07, 6.45) is -3.99. The summed E-state index contributed by atoms with van der Waals surface area (Å²) in [7, 11) is 2.03. The largest absolute Gasteiger partial charge is 0.490 e. The first-order valence-electron chi connectivity index (χ1n) is 12.5. The SMILES string of the molecule is Cc1cc(CN2CCC3(CC2)OCCC3CCOc2ccccn2)n(C)n1.O=C(O)C(F)(F)F.O=C(O)C(F)(F)F. The van der Waals surface area contributed by atoms with Crippen LogP contribution in [0.4, 0.5) is 26.3 Å². The molecule has 2 N–H and O–H groups in total. The molecule has 1 atom stereocenters. The highest BCUT2D eigenvalue weighted by Gasteiger charge is 2.46. The Balaban J connectivity index is 0.000000349. The zero-order valence-electron chi connectivity index (χ0n) is 22.4. The maximum Gasteiger partial charge on any atom is 0.490 e. The Morgan fingerprint density at radius 3 is 2.15 bits per heavy atom. The normalized spacial score (nSPS) is 18.6. The zero-order valence-corrected chi connectivity index (χ0v) is 22.4. The number of nitrogens with zero attached hydrogens (tertiary/aromatic N) is 4. The van der Waals surface area contributed by atoms with Gasteiger partial charge in [0.05, 0.1) is 23.6 Å². The van der Waals surface area contributed by atoms with Crippen molar-refractivity contribution < 1.29 is 55.6 Å². The van der Waals surface area contributed by atoms with E-state index in [1.165, 1.54) is 5.69 Å². The molecule has 2 saturated heterocycles. The molecule has 2 aliphatic heterocycles. The summed E-state index contributed by atoms with van der Waals surface area (Å²) in [5.41, 5.74) is 2.43. The minimum absolute atomic E-state index is 0.0480. The smallest absolute Gasteiger partial charge is 0.478 e. The molecule has 4 heterocycles. The molecule has 2 aromatic rings. The molecular weight excluding hydrogens is 566 g/mol. The van der Waals surface area contributed by atoms with Crippen LogP contribution in [0.5, 0.6) is 5.88 Å². The van der Waals surface area contributed by atoms with Crippen LogP contribution in [0.1, 0.15) is 37.1 Å². The molecule has 10 nitrogen and oxygen atoms in total. The third kappa shape index (κ3) is 10.8. The average molecular weight is 599 g/mol. The van der Waals surface area contributed by atoms with E-state index in [1.807, 2.05) is 29.9 Å². The molecule has 16 heteroatoms. The van der Waals surface area contributed by atoms with Crippen LogP contribution < -0.4 is 4.74 Å². The van der Waals surface area contributed by atoms with Crippen molar-refractivity contribution in [3.63, 3.8) is 0 Å². The predicted molar refractivity (Wildman–Crippen MR) is 131 cm³/mol. The van der Waals surface area contributed by atoms with Crippen LogP contribution in [0, 0.1) is 12.8 Å². The number of aliphatic carboxylic acids is 2. The minimum Gasteiger partial charge on any atom is -0.478 e. The van der Waals surface area contributed by atoms with E-state index >= 15 is 0 Å². The van der Waals surface area contributed by atoms with Gasteiger partial charge in [-0.25, -0.2) is 14.6 Å². The topological polar surface area (TPSA) is 127 Å². The van der Waals surface area contributed by atoms with Crippen molar-refractivity contribution in [2.45, 2.75) is 57.1 Å². The average Bonchev–Trinajstić information content (AvgIpc) is 3.42. The number of rotatable bonds is 6. The van der Waals surface area contributed by atoms with Gasteiger partial charge in [-0.1, -0.05) is 6.07 Å². The monoisotopic (exact) mass is 598 g/mol. The van der Waals surface area contributed by atoms with E-state index in [9.17, 15) is 26.3 Å². The molecule has 2 aliphatic rings. The second-order valence-electron chi connectivity index (χ2n) is 9.49. The van der Waals surface area contributed by atoms with Gasteiger partial charge < -0.3 is 19.7 Å². The van der Waals surface area contributed by atoms with E-state index in [0.29, 0.717) is 18.4 Å². The van der Waals surface area contributed by atoms with Crippen molar-refractivity contribution >= 4 is 11.9 Å². The van der Waals surface area contributed by atoms with Gasteiger partial charge >= 0.3 is 24.3 Å². The molecule has 2 aromatic heterocycles. The highest BCUT2D eigenvalue weighted by Crippen LogP contribution is 2.42. The summed E-state index contributed by atoms with van der Waals surface area (Å²) in [6.45, 7) is 6.79. The Labute approximate surface area is 231 Å². The molecular formula is C25H32F6N4O6. The van der Waals surface area contributed by atoms with Crippen molar-refractivity contribution in [1.29, 1.82) is 0 Å². The van der Waals surface area contributed by atoms with Gasteiger partial charge in [0.1, 0.15) is 0 Å². The van der Waals surface area contributed by atoms with Crippen LogP contribution in [0.25, 0.3) is 0 Å². The number of hydrogen-bond acceptors (Lipinski definition) is 7. The van der Waals surface area contributed by atoms with Gasteiger partial charge in [0.25, 0.3) is 0 Å². The van der Waals surface area contributed by atoms with Gasteiger partial charge in [-0.05, 0) is 50.7 Å². The van der Waals surface area contributed by atoms with E-state index in [-0.39, 0.29) is 5.60 Å². The van der Waals surface area contributed by atoms with Gasteiger partial charge in [0.2, 0.25) is 5.88 Å². The lowest BCUT2D eigenvalue weighted by atomic mass is 9.78. The Bertz CT molecular complexity index is 1090. The Morgan fingerprint density at radius 1 is 1.10 bits per heavy atom. The second kappa shape index (κ2) is 14.5. The summed E-state index contributed by atoms with van der Waals surface area (Å²) < 4.78 is 77.6. The van der Waals surface area contributed by atoms with Crippen LogP contribution in [0.3, 0.4) is 0 Å². The van der Waals surface area contributed by atoms with Gasteiger partial charge in [-0.3, -0.25) is 9.58 Å². The molecule has 2 fully saturated rings. The Kier molecular flexibility index (Phi) is 11.9. The van der Waals surface area contributed by atoms with Gasteiger partial charge in [0, 0.05) is 45.6 Å². The first-order valence-corrected chi connectivity index (χ1v) is 12.5. The zero-order chi connectivity index (χ0) is 30.8. The number of carbonyl (C=O) groups is 2. The third-order valence-corrected chi connectivity index (χ3v) is 6.63. The number of aryl methyl sites for hydroxylation is 2. The van der Waals surface area contributed by atoms with Crippen molar-refractivity contribution in [3.05, 3.63) is 41.9 Å². The Morgan fingerprint density at radius 2 is 1.68 bits per heavy atom. The molecule has 41 heavy (non-hydrogen) atoms. The van der Waals surface area contributed by atoms with E-state index in [0.717, 1.165) is 57.6 Å². The number of aromatic nitrogens is 3. The van der Waals surface area contributed by atoms with E-state index in [1.54, 1.807) is 6.20 Å². The molecule has 0 aliphatic carbocycles. The number of hydrogen-bond donors (Lipinski definition) is 2. The predicted octanol–water partition coefficient (Wildman–Crippen LogP) is 4.23. The van der Waals surface area contributed by atoms with E-state index in [4.69, 9.17) is 29.3 Å². The summed E-state index contributed by atoms with van der Waals surface area (Å²) >= 11 is 0. The molecule has 0 amide bonds. The number of likely N-dealkylation sites (tertiary alicyclic amines) is 1. The summed E-state index contributed by atoms with van der Waals surface area (Å²) in [5.74, 6) is -4.21. The molecule has 1 unspecified atom stereocenters. The van der Waals surface area contributed by atoms with Crippen LogP contribution in [-0.2, 0) is 27.9 Å². The number of alkyl halides is 6.